The molecule has 128 valence electrons. The summed E-state index contributed by atoms with van der Waals surface area (Å²) in [5, 5.41) is 2.99. The van der Waals surface area contributed by atoms with Gasteiger partial charge in [-0.05, 0) is 30.3 Å². The number of anilines is 1. The van der Waals surface area contributed by atoms with Crippen LogP contribution in [0.2, 0.25) is 5.02 Å². The molecule has 0 unspecified atom stereocenters. The van der Waals surface area contributed by atoms with Crippen LogP contribution < -0.4 is 5.32 Å². The van der Waals surface area contributed by atoms with E-state index in [1.807, 2.05) is 0 Å². The van der Waals surface area contributed by atoms with Crippen molar-refractivity contribution in [1.29, 1.82) is 0 Å². The van der Waals surface area contributed by atoms with Crippen LogP contribution in [0.15, 0.2) is 76.2 Å². The van der Waals surface area contributed by atoms with Crippen LogP contribution in [0, 0.1) is 0 Å². The Bertz CT molecular complexity index is 997. The number of hydrogen-bond donors (Lipinski definition) is 1. The molecule has 0 fully saturated rings. The summed E-state index contributed by atoms with van der Waals surface area (Å²) in [6, 6.07) is 16.3. The van der Waals surface area contributed by atoms with Crippen molar-refractivity contribution >= 4 is 33.0 Å². The number of hydrogen-bond acceptors (Lipinski definition) is 4. The SMILES string of the molecule is O=C(Nc1ccccc1Cl)c1occc1CS(=O)(=O)c1ccccc1. The number of carbonyl (C=O) groups is 1. The first-order valence-electron chi connectivity index (χ1n) is 7.37. The van der Waals surface area contributed by atoms with Crippen molar-refractivity contribution in [1.82, 2.24) is 0 Å². The molecule has 3 aromatic rings. The average molecular weight is 376 g/mol. The lowest BCUT2D eigenvalue weighted by Crippen LogP contribution is -2.15. The Balaban J connectivity index is 1.83. The van der Waals surface area contributed by atoms with E-state index in [2.05, 4.69) is 5.32 Å². The molecule has 0 saturated heterocycles. The number of benzene rings is 2. The quantitative estimate of drug-likeness (QED) is 0.726. The summed E-state index contributed by atoms with van der Waals surface area (Å²) < 4.78 is 30.2. The molecule has 0 aliphatic heterocycles. The van der Waals surface area contributed by atoms with E-state index in [0.717, 1.165) is 0 Å². The Morgan fingerprint density at radius 3 is 2.40 bits per heavy atom. The maximum atomic E-state index is 12.5. The predicted octanol–water partition coefficient (Wildman–Crippen LogP) is 4.16. The summed E-state index contributed by atoms with van der Waals surface area (Å²) in [7, 11) is -3.59. The minimum atomic E-state index is -3.59. The zero-order chi connectivity index (χ0) is 17.9. The fourth-order valence-corrected chi connectivity index (χ4v) is 3.86. The minimum absolute atomic E-state index is 0.0561. The van der Waals surface area contributed by atoms with Gasteiger partial charge in [-0.2, -0.15) is 0 Å². The van der Waals surface area contributed by atoms with Crippen LogP contribution in [0.1, 0.15) is 16.1 Å². The smallest absolute Gasteiger partial charge is 0.291 e. The Labute approximate surface area is 150 Å². The van der Waals surface area contributed by atoms with Gasteiger partial charge in [0.25, 0.3) is 5.91 Å². The zero-order valence-electron chi connectivity index (χ0n) is 13.0. The van der Waals surface area contributed by atoms with Gasteiger partial charge in [0.2, 0.25) is 0 Å². The lowest BCUT2D eigenvalue weighted by atomic mass is 10.2. The highest BCUT2D eigenvalue weighted by Gasteiger charge is 2.22. The zero-order valence-corrected chi connectivity index (χ0v) is 14.5. The van der Waals surface area contributed by atoms with Gasteiger partial charge in [0.1, 0.15) is 0 Å². The van der Waals surface area contributed by atoms with Gasteiger partial charge in [0.05, 0.1) is 27.6 Å². The molecule has 3 rings (SSSR count). The number of nitrogens with one attached hydrogen (secondary N) is 1. The Morgan fingerprint density at radius 1 is 1.00 bits per heavy atom. The van der Waals surface area contributed by atoms with Crippen molar-refractivity contribution in [3.8, 4) is 0 Å². The molecule has 0 spiro atoms. The molecule has 1 heterocycles. The van der Waals surface area contributed by atoms with Gasteiger partial charge in [0, 0.05) is 5.56 Å². The first-order valence-corrected chi connectivity index (χ1v) is 9.40. The van der Waals surface area contributed by atoms with Gasteiger partial charge in [-0.15, -0.1) is 0 Å². The lowest BCUT2D eigenvalue weighted by molar-refractivity contribution is 0.0996. The number of rotatable bonds is 5. The van der Waals surface area contributed by atoms with E-state index in [0.29, 0.717) is 10.7 Å². The van der Waals surface area contributed by atoms with Gasteiger partial charge in [-0.3, -0.25) is 4.79 Å². The van der Waals surface area contributed by atoms with E-state index in [9.17, 15) is 13.2 Å². The van der Waals surface area contributed by atoms with Crippen LogP contribution in [0.25, 0.3) is 0 Å². The molecular weight excluding hydrogens is 362 g/mol. The number of carbonyl (C=O) groups excluding carboxylic acids is 1. The van der Waals surface area contributed by atoms with Gasteiger partial charge >= 0.3 is 0 Å². The summed E-state index contributed by atoms with van der Waals surface area (Å²) >= 11 is 6.01. The molecular formula is C18H14ClNO4S. The summed E-state index contributed by atoms with van der Waals surface area (Å²) in [6.45, 7) is 0. The highest BCUT2D eigenvalue weighted by molar-refractivity contribution is 7.90. The molecule has 5 nitrogen and oxygen atoms in total. The molecule has 1 aromatic heterocycles. The normalized spacial score (nSPS) is 11.2. The van der Waals surface area contributed by atoms with Crippen molar-refractivity contribution in [3.05, 3.63) is 83.3 Å². The Morgan fingerprint density at radius 2 is 1.68 bits per heavy atom. The van der Waals surface area contributed by atoms with Crippen LogP contribution in [-0.4, -0.2) is 14.3 Å². The van der Waals surface area contributed by atoms with Crippen molar-refractivity contribution in [3.63, 3.8) is 0 Å². The van der Waals surface area contributed by atoms with E-state index in [4.69, 9.17) is 16.0 Å². The van der Waals surface area contributed by atoms with Crippen molar-refractivity contribution in [2.75, 3.05) is 5.32 Å². The molecule has 25 heavy (non-hydrogen) atoms. The Kier molecular flexibility index (Phi) is 4.92. The highest BCUT2D eigenvalue weighted by Crippen LogP contribution is 2.24. The molecule has 0 atom stereocenters. The first-order chi connectivity index (χ1) is 12.0. The molecule has 0 bridgehead atoms. The van der Waals surface area contributed by atoms with Crippen molar-refractivity contribution in [2.45, 2.75) is 10.6 Å². The monoisotopic (exact) mass is 375 g/mol. The molecule has 0 aliphatic carbocycles. The van der Waals surface area contributed by atoms with Crippen LogP contribution >= 0.6 is 11.6 Å². The van der Waals surface area contributed by atoms with Crippen LogP contribution in [0.5, 0.6) is 0 Å². The molecule has 1 N–H and O–H groups in total. The van der Waals surface area contributed by atoms with E-state index in [-0.39, 0.29) is 22.0 Å². The third kappa shape index (κ3) is 3.92. The fraction of sp³-hybridized carbons (Fsp3) is 0.0556. The summed E-state index contributed by atoms with van der Waals surface area (Å²) in [4.78, 5) is 12.6. The lowest BCUT2D eigenvalue weighted by Gasteiger charge is -2.07. The largest absolute Gasteiger partial charge is 0.459 e. The van der Waals surface area contributed by atoms with Gasteiger partial charge in [0.15, 0.2) is 15.6 Å². The first kappa shape index (κ1) is 17.3. The van der Waals surface area contributed by atoms with E-state index in [1.54, 1.807) is 42.5 Å². The second kappa shape index (κ2) is 7.13. The van der Waals surface area contributed by atoms with E-state index < -0.39 is 15.7 Å². The van der Waals surface area contributed by atoms with Crippen LogP contribution in [0.4, 0.5) is 5.69 Å². The maximum Gasteiger partial charge on any atom is 0.291 e. The molecule has 2 aromatic carbocycles. The van der Waals surface area contributed by atoms with Crippen LogP contribution in [-0.2, 0) is 15.6 Å². The van der Waals surface area contributed by atoms with Gasteiger partial charge in [-0.25, -0.2) is 8.42 Å². The summed E-state index contributed by atoms with van der Waals surface area (Å²) in [5.74, 6) is -0.950. The maximum absolute atomic E-state index is 12.5. The number of furan rings is 1. The highest BCUT2D eigenvalue weighted by atomic mass is 35.5. The fourth-order valence-electron chi connectivity index (χ4n) is 2.31. The average Bonchev–Trinajstić information content (AvgIpc) is 3.05. The van der Waals surface area contributed by atoms with Gasteiger partial charge in [-0.1, -0.05) is 41.9 Å². The number of sulfone groups is 1. The topological polar surface area (TPSA) is 76.4 Å². The second-order valence-corrected chi connectivity index (χ2v) is 7.68. The molecule has 0 saturated carbocycles. The minimum Gasteiger partial charge on any atom is -0.459 e. The summed E-state index contributed by atoms with van der Waals surface area (Å²) in [6.07, 6.45) is 1.29. The molecule has 0 radical (unpaired) electrons. The third-order valence-corrected chi connectivity index (χ3v) is 5.53. The number of halogens is 1. The van der Waals surface area contributed by atoms with Crippen molar-refractivity contribution in [2.24, 2.45) is 0 Å². The molecule has 0 aliphatic rings. The standard InChI is InChI=1S/C18H14ClNO4S/c19-15-8-4-5-9-16(15)20-18(21)17-13(10-11-24-17)12-25(22,23)14-6-2-1-3-7-14/h1-11H,12H2,(H,20,21). The van der Waals surface area contributed by atoms with E-state index >= 15 is 0 Å². The third-order valence-electron chi connectivity index (χ3n) is 3.52. The predicted molar refractivity (Wildman–Crippen MR) is 95.4 cm³/mol. The number of amides is 1. The second-order valence-electron chi connectivity index (χ2n) is 5.28. The van der Waals surface area contributed by atoms with Gasteiger partial charge < -0.3 is 9.73 Å². The van der Waals surface area contributed by atoms with Crippen LogP contribution in [0.3, 0.4) is 0 Å². The summed E-state index contributed by atoms with van der Waals surface area (Å²) in [5.41, 5.74) is 0.704. The number of para-hydroxylation sites is 1. The molecule has 7 heteroatoms. The van der Waals surface area contributed by atoms with E-state index in [1.165, 1.54) is 24.5 Å². The molecule has 1 amide bonds. The Hall–Kier alpha value is -2.57. The van der Waals surface area contributed by atoms with Crippen molar-refractivity contribution < 1.29 is 17.6 Å².